The van der Waals surface area contributed by atoms with Crippen LogP contribution in [0, 0.1) is 0 Å². The molecule has 88 valence electrons. The Balaban J connectivity index is 2.15. The number of anilines is 1. The molecule has 0 atom stereocenters. The third kappa shape index (κ3) is 2.74. The summed E-state index contributed by atoms with van der Waals surface area (Å²) in [7, 11) is 1.69. The lowest BCUT2D eigenvalue weighted by Crippen LogP contribution is -2.22. The number of nitrogens with one attached hydrogen (secondary N) is 1. The van der Waals surface area contributed by atoms with Crippen molar-refractivity contribution in [3.63, 3.8) is 0 Å². The highest BCUT2D eigenvalue weighted by Gasteiger charge is 2.04. The molecule has 0 saturated heterocycles. The van der Waals surface area contributed by atoms with E-state index in [4.69, 9.17) is 0 Å². The van der Waals surface area contributed by atoms with Gasteiger partial charge in [0.25, 0.3) is 5.56 Å². The van der Waals surface area contributed by atoms with Gasteiger partial charge >= 0.3 is 0 Å². The molecule has 5 heteroatoms. The molecule has 1 aromatic carbocycles. The number of hydrogen-bond acceptors (Lipinski definition) is 3. The topological polar surface area (TPSA) is 46.9 Å². The molecular weight excluding hydrogens is 282 g/mol. The molecule has 0 unspecified atom stereocenters. The van der Waals surface area contributed by atoms with Crippen LogP contribution in [-0.4, -0.2) is 9.55 Å². The highest BCUT2D eigenvalue weighted by atomic mass is 79.9. The van der Waals surface area contributed by atoms with Gasteiger partial charge in [0, 0.05) is 13.6 Å². The van der Waals surface area contributed by atoms with Crippen molar-refractivity contribution in [1.82, 2.24) is 9.55 Å². The summed E-state index contributed by atoms with van der Waals surface area (Å²) in [5.41, 5.74) is 1.04. The molecule has 2 aromatic rings. The van der Waals surface area contributed by atoms with E-state index in [0.29, 0.717) is 17.0 Å². The maximum Gasteiger partial charge on any atom is 0.268 e. The lowest BCUT2D eigenvalue weighted by Gasteiger charge is -2.09. The lowest BCUT2D eigenvalue weighted by molar-refractivity contribution is 0.814. The van der Waals surface area contributed by atoms with Crippen molar-refractivity contribution >= 4 is 21.9 Å². The van der Waals surface area contributed by atoms with Crippen LogP contribution in [0.1, 0.15) is 5.56 Å². The second-order valence-electron chi connectivity index (χ2n) is 3.63. The van der Waals surface area contributed by atoms with Crippen LogP contribution in [0.5, 0.6) is 0 Å². The first kappa shape index (κ1) is 11.9. The van der Waals surface area contributed by atoms with E-state index < -0.39 is 0 Å². The SMILES string of the molecule is Cn1c(NCc2ccccc2)ncc(Br)c1=O. The van der Waals surface area contributed by atoms with Crippen LogP contribution in [-0.2, 0) is 13.6 Å². The summed E-state index contributed by atoms with van der Waals surface area (Å²) in [5.74, 6) is 0.557. The fourth-order valence-corrected chi connectivity index (χ4v) is 1.83. The van der Waals surface area contributed by atoms with Crippen molar-refractivity contribution < 1.29 is 0 Å². The summed E-state index contributed by atoms with van der Waals surface area (Å²) < 4.78 is 1.94. The van der Waals surface area contributed by atoms with Crippen molar-refractivity contribution in [2.45, 2.75) is 6.54 Å². The molecule has 0 spiro atoms. The van der Waals surface area contributed by atoms with E-state index in [1.807, 2.05) is 30.3 Å². The van der Waals surface area contributed by atoms with Crippen LogP contribution in [0.15, 0.2) is 45.8 Å². The van der Waals surface area contributed by atoms with E-state index in [0.717, 1.165) is 5.56 Å². The van der Waals surface area contributed by atoms with Gasteiger partial charge in [0.2, 0.25) is 5.95 Å². The summed E-state index contributed by atoms with van der Waals surface area (Å²) >= 11 is 3.15. The van der Waals surface area contributed by atoms with Gasteiger partial charge in [-0.25, -0.2) is 4.98 Å². The number of hydrogen-bond donors (Lipinski definition) is 1. The van der Waals surface area contributed by atoms with E-state index in [9.17, 15) is 4.79 Å². The monoisotopic (exact) mass is 293 g/mol. The molecule has 0 aliphatic carbocycles. The number of aromatic nitrogens is 2. The third-order valence-electron chi connectivity index (χ3n) is 2.42. The van der Waals surface area contributed by atoms with E-state index in [2.05, 4.69) is 26.2 Å². The Morgan fingerprint density at radius 1 is 1.35 bits per heavy atom. The summed E-state index contributed by atoms with van der Waals surface area (Å²) in [6, 6.07) is 9.96. The van der Waals surface area contributed by atoms with Gasteiger partial charge in [-0.15, -0.1) is 0 Å². The molecule has 4 nitrogen and oxygen atoms in total. The van der Waals surface area contributed by atoms with Gasteiger partial charge in [-0.1, -0.05) is 30.3 Å². The fraction of sp³-hybridized carbons (Fsp3) is 0.167. The normalized spacial score (nSPS) is 10.2. The predicted molar refractivity (Wildman–Crippen MR) is 70.9 cm³/mol. The standard InChI is InChI=1S/C12H12BrN3O/c1-16-11(17)10(13)8-15-12(16)14-7-9-5-3-2-4-6-9/h2-6,8H,7H2,1H3,(H,14,15). The van der Waals surface area contributed by atoms with Gasteiger partial charge in [0.1, 0.15) is 4.47 Å². The first-order valence-electron chi connectivity index (χ1n) is 5.18. The molecule has 0 aliphatic heterocycles. The van der Waals surface area contributed by atoms with E-state index in [1.54, 1.807) is 7.05 Å². The van der Waals surface area contributed by atoms with Crippen molar-refractivity contribution in [2.24, 2.45) is 7.05 Å². The van der Waals surface area contributed by atoms with Crippen molar-refractivity contribution in [2.75, 3.05) is 5.32 Å². The lowest BCUT2D eigenvalue weighted by atomic mass is 10.2. The average Bonchev–Trinajstić information content (AvgIpc) is 2.36. The van der Waals surface area contributed by atoms with Crippen LogP contribution in [0.2, 0.25) is 0 Å². The highest BCUT2D eigenvalue weighted by molar-refractivity contribution is 9.10. The van der Waals surface area contributed by atoms with E-state index in [-0.39, 0.29) is 5.56 Å². The second-order valence-corrected chi connectivity index (χ2v) is 4.49. The Hall–Kier alpha value is -1.62. The Morgan fingerprint density at radius 2 is 2.06 bits per heavy atom. The van der Waals surface area contributed by atoms with Gasteiger partial charge in [-0.3, -0.25) is 9.36 Å². The molecule has 0 aliphatic rings. The number of nitrogens with zero attached hydrogens (tertiary/aromatic N) is 2. The molecule has 0 amide bonds. The number of halogens is 1. The minimum atomic E-state index is -0.101. The number of benzene rings is 1. The molecule has 2 rings (SSSR count). The quantitative estimate of drug-likeness (QED) is 0.943. The summed E-state index contributed by atoms with van der Waals surface area (Å²) in [6.45, 7) is 0.642. The van der Waals surface area contributed by atoms with E-state index in [1.165, 1.54) is 10.8 Å². The molecule has 0 bridgehead atoms. The largest absolute Gasteiger partial charge is 0.352 e. The zero-order valence-electron chi connectivity index (χ0n) is 9.35. The molecule has 0 radical (unpaired) electrons. The van der Waals surface area contributed by atoms with Crippen LogP contribution in [0.3, 0.4) is 0 Å². The predicted octanol–water partition coefficient (Wildman–Crippen LogP) is 2.15. The van der Waals surface area contributed by atoms with Gasteiger partial charge in [-0.05, 0) is 21.5 Å². The van der Waals surface area contributed by atoms with Crippen LogP contribution >= 0.6 is 15.9 Å². The molecule has 17 heavy (non-hydrogen) atoms. The smallest absolute Gasteiger partial charge is 0.268 e. The first-order chi connectivity index (χ1) is 8.18. The van der Waals surface area contributed by atoms with Crippen molar-refractivity contribution in [3.05, 3.63) is 56.9 Å². The summed E-state index contributed by atoms with van der Waals surface area (Å²) in [6.07, 6.45) is 1.51. The molecule has 1 aromatic heterocycles. The summed E-state index contributed by atoms with van der Waals surface area (Å²) in [5, 5.41) is 3.13. The fourth-order valence-electron chi connectivity index (χ4n) is 1.46. The Labute approximate surface area is 107 Å². The molecule has 0 saturated carbocycles. The third-order valence-corrected chi connectivity index (χ3v) is 2.96. The maximum absolute atomic E-state index is 11.6. The minimum Gasteiger partial charge on any atom is -0.352 e. The van der Waals surface area contributed by atoms with Crippen LogP contribution in [0.25, 0.3) is 0 Å². The maximum atomic E-state index is 11.6. The minimum absolute atomic E-state index is 0.101. The van der Waals surface area contributed by atoms with E-state index >= 15 is 0 Å². The summed E-state index contributed by atoms with van der Waals surface area (Å²) in [4.78, 5) is 15.8. The van der Waals surface area contributed by atoms with Gasteiger partial charge < -0.3 is 5.32 Å². The molecule has 1 N–H and O–H groups in total. The Bertz CT molecular complexity index is 566. The van der Waals surface area contributed by atoms with Gasteiger partial charge in [0.05, 0.1) is 6.20 Å². The van der Waals surface area contributed by atoms with Crippen molar-refractivity contribution in [1.29, 1.82) is 0 Å². The Kier molecular flexibility index (Phi) is 3.58. The van der Waals surface area contributed by atoms with Crippen molar-refractivity contribution in [3.8, 4) is 0 Å². The average molecular weight is 294 g/mol. The first-order valence-corrected chi connectivity index (χ1v) is 5.97. The van der Waals surface area contributed by atoms with Crippen LogP contribution < -0.4 is 10.9 Å². The van der Waals surface area contributed by atoms with Crippen LogP contribution in [0.4, 0.5) is 5.95 Å². The number of rotatable bonds is 3. The Morgan fingerprint density at radius 3 is 2.76 bits per heavy atom. The molecule has 0 fully saturated rings. The van der Waals surface area contributed by atoms with Gasteiger partial charge in [0.15, 0.2) is 0 Å². The van der Waals surface area contributed by atoms with Gasteiger partial charge in [-0.2, -0.15) is 0 Å². The highest BCUT2D eigenvalue weighted by Crippen LogP contribution is 2.06. The zero-order chi connectivity index (χ0) is 12.3. The molecular formula is C12H12BrN3O. The zero-order valence-corrected chi connectivity index (χ0v) is 10.9. The second kappa shape index (κ2) is 5.14. The molecule has 1 heterocycles.